The first-order valence-electron chi connectivity index (χ1n) is 18.8. The normalized spacial score (nSPS) is 29.0. The van der Waals surface area contributed by atoms with Crippen LogP contribution in [0.3, 0.4) is 0 Å². The molecule has 3 aliphatic rings. The van der Waals surface area contributed by atoms with Crippen molar-refractivity contribution in [2.75, 3.05) is 27.3 Å². The molecule has 5 rings (SSSR count). The zero-order valence-corrected chi connectivity index (χ0v) is 30.2. The molecule has 266 valence electrons. The van der Waals surface area contributed by atoms with Crippen molar-refractivity contribution < 1.29 is 28.9 Å². The van der Waals surface area contributed by atoms with Gasteiger partial charge in [-0.1, -0.05) is 52.0 Å². The molecule has 48 heavy (non-hydrogen) atoms. The average molecular weight is 667 g/mol. The Morgan fingerprint density at radius 3 is 2.31 bits per heavy atom. The summed E-state index contributed by atoms with van der Waals surface area (Å²) in [5.74, 6) is 2.33. The highest BCUT2D eigenvalue weighted by Crippen LogP contribution is 2.63. The number of carbonyl (C=O) groups excluding carboxylic acids is 1. The van der Waals surface area contributed by atoms with Gasteiger partial charge in [0.05, 0.1) is 40.3 Å². The lowest BCUT2D eigenvalue weighted by Gasteiger charge is -2.54. The van der Waals surface area contributed by atoms with E-state index < -0.39 is 12.3 Å². The smallest absolute Gasteiger partial charge is 0.315 e. The lowest BCUT2D eigenvalue weighted by atomic mass is 9.51. The quantitative estimate of drug-likeness (QED) is 0.138. The summed E-state index contributed by atoms with van der Waals surface area (Å²) in [5, 5.41) is 21.3. The van der Waals surface area contributed by atoms with E-state index in [-0.39, 0.29) is 28.9 Å². The summed E-state index contributed by atoms with van der Waals surface area (Å²) >= 11 is 0. The topological polar surface area (TPSA) is 76.0 Å². The Labute approximate surface area is 288 Å². The number of phenols is 1. The van der Waals surface area contributed by atoms with Crippen molar-refractivity contribution in [3.63, 3.8) is 0 Å². The van der Waals surface area contributed by atoms with Gasteiger partial charge in [-0.3, -0.25) is 0 Å². The van der Waals surface area contributed by atoms with E-state index in [2.05, 4.69) is 13.8 Å². The fourth-order valence-corrected chi connectivity index (χ4v) is 10.1. The maximum atomic E-state index is 16.2. The lowest BCUT2D eigenvalue weighted by Crippen LogP contribution is -2.54. The highest BCUT2D eigenvalue weighted by atomic mass is 19.1. The highest BCUT2D eigenvalue weighted by Gasteiger charge is 2.60. The van der Waals surface area contributed by atoms with Crippen LogP contribution in [-0.2, 0) is 11.2 Å². The number of aliphatic hydroxyl groups excluding tert-OH is 1. The number of aromatic hydroxyl groups is 1. The van der Waals surface area contributed by atoms with Crippen LogP contribution < -0.4 is 14.0 Å². The van der Waals surface area contributed by atoms with Gasteiger partial charge in [-0.2, -0.15) is 0 Å². The molecule has 2 N–H and O–H groups in total. The first-order valence-corrected chi connectivity index (χ1v) is 18.8. The van der Waals surface area contributed by atoms with E-state index in [1.165, 1.54) is 25.7 Å². The van der Waals surface area contributed by atoms with Crippen molar-refractivity contribution in [2.45, 2.75) is 129 Å². The molecule has 0 spiro atoms. The number of phenolic OH excluding ortho intramolecular Hbond substituents is 1. The molecule has 2 aromatic carbocycles. The third-order valence-corrected chi connectivity index (χ3v) is 12.7. The number of nitrogens with zero attached hydrogens (tertiary/aromatic N) is 1. The summed E-state index contributed by atoms with van der Waals surface area (Å²) in [6, 6.07) is 11.4. The zero-order chi connectivity index (χ0) is 34.5. The minimum absolute atomic E-state index is 0.151. The first kappa shape index (κ1) is 36.6. The third kappa shape index (κ3) is 7.28. The van der Waals surface area contributed by atoms with Gasteiger partial charge in [0, 0.05) is 18.1 Å². The molecule has 7 heteroatoms. The van der Waals surface area contributed by atoms with Crippen LogP contribution in [0.5, 0.6) is 17.2 Å². The van der Waals surface area contributed by atoms with Crippen LogP contribution in [-0.4, -0.2) is 55.7 Å². The standard InChI is InChI=1S/C41H60FNO5/c1-6-7-8-9-10-13-22-43(28(2)44,31-16-20-36(47-4)37(26-31)48-5)23-14-11-12-15-29-24-30-25-32(45)17-18-33(30)40-35(42)27-41(3)34(39(29)40)19-21-38(41)46/h16-18,20,25-26,29,34-35,38-40,46H,6-15,19,21-24,27H2,1-5H3/p+1/t29-,34?,35+,38+,39?,40?,41+,43?/m1/s1. The van der Waals surface area contributed by atoms with E-state index in [9.17, 15) is 15.0 Å². The molecule has 6 nitrogen and oxygen atoms in total. The van der Waals surface area contributed by atoms with Crippen LogP contribution in [0.15, 0.2) is 36.4 Å². The number of carbonyl (C=O) groups is 1. The Morgan fingerprint density at radius 2 is 1.62 bits per heavy atom. The summed E-state index contributed by atoms with van der Waals surface area (Å²) in [4.78, 5) is 13.6. The molecule has 0 heterocycles. The Bertz CT molecular complexity index is 1380. The Kier molecular flexibility index (Phi) is 12.2. The molecule has 0 aliphatic heterocycles. The number of halogens is 1. The SMILES string of the molecule is CCCCCCCC[N+](CCCCC[C@@H]1Cc2cc(O)ccc2C2C1C1CC[C@H](O)[C@@]1(C)C[C@@H]2F)(C(C)=O)c1ccc(OC)c(OC)c1. The highest BCUT2D eigenvalue weighted by molar-refractivity contribution is 5.87. The second kappa shape index (κ2) is 15.9. The predicted molar refractivity (Wildman–Crippen MR) is 191 cm³/mol. The molecule has 0 radical (unpaired) electrons. The van der Waals surface area contributed by atoms with Gasteiger partial charge in [-0.05, 0) is 110 Å². The summed E-state index contributed by atoms with van der Waals surface area (Å²) in [6.07, 6.45) is 12.4. The van der Waals surface area contributed by atoms with Crippen LogP contribution in [0.2, 0.25) is 0 Å². The second-order valence-corrected chi connectivity index (χ2v) is 15.5. The monoisotopic (exact) mass is 666 g/mol. The van der Waals surface area contributed by atoms with E-state index in [0.29, 0.717) is 34.2 Å². The lowest BCUT2D eigenvalue weighted by molar-refractivity contribution is -0.128. The summed E-state index contributed by atoms with van der Waals surface area (Å²) in [6.45, 7) is 7.58. The number of alkyl halides is 1. The molecule has 1 amide bonds. The van der Waals surface area contributed by atoms with Crippen molar-refractivity contribution in [1.29, 1.82) is 0 Å². The van der Waals surface area contributed by atoms with E-state index in [1.54, 1.807) is 27.2 Å². The number of fused-ring (bicyclic) bond motifs is 5. The molecule has 2 saturated carbocycles. The number of hydrogen-bond donors (Lipinski definition) is 2. The molecule has 3 aliphatic carbocycles. The van der Waals surface area contributed by atoms with Crippen LogP contribution in [0.25, 0.3) is 0 Å². The van der Waals surface area contributed by atoms with Gasteiger partial charge in [0.25, 0.3) is 0 Å². The molecule has 4 unspecified atom stereocenters. The molecule has 0 saturated heterocycles. The molecule has 0 aromatic heterocycles. The molecule has 0 bridgehead atoms. The number of unbranched alkanes of at least 4 members (excludes halogenated alkanes) is 7. The summed E-state index contributed by atoms with van der Waals surface area (Å²) in [5.41, 5.74) is 2.74. The first-order chi connectivity index (χ1) is 23.1. The maximum absolute atomic E-state index is 16.2. The van der Waals surface area contributed by atoms with Gasteiger partial charge in [-0.15, -0.1) is 0 Å². The van der Waals surface area contributed by atoms with Crippen molar-refractivity contribution in [1.82, 2.24) is 4.48 Å². The number of hydrogen-bond acceptors (Lipinski definition) is 5. The van der Waals surface area contributed by atoms with Gasteiger partial charge >= 0.3 is 5.91 Å². The number of aliphatic hydroxyl groups is 1. The molecular formula is C41H61FNO5+. The third-order valence-electron chi connectivity index (χ3n) is 12.7. The molecule has 2 aromatic rings. The molecule has 8 atom stereocenters. The van der Waals surface area contributed by atoms with Crippen LogP contribution >= 0.6 is 0 Å². The number of rotatable bonds is 16. The molecular weight excluding hydrogens is 605 g/mol. The van der Waals surface area contributed by atoms with E-state index in [0.717, 1.165) is 87.7 Å². The van der Waals surface area contributed by atoms with Crippen molar-refractivity contribution >= 4 is 11.6 Å². The van der Waals surface area contributed by atoms with Crippen molar-refractivity contribution in [3.8, 4) is 17.2 Å². The number of methoxy groups -OCH3 is 2. The number of quaternary nitrogens is 1. The number of ether oxygens (including phenoxy) is 2. The van der Waals surface area contributed by atoms with Gasteiger partial charge in [0.2, 0.25) is 0 Å². The van der Waals surface area contributed by atoms with Gasteiger partial charge in [0.15, 0.2) is 11.5 Å². The van der Waals surface area contributed by atoms with Crippen molar-refractivity contribution in [3.05, 3.63) is 47.5 Å². The average Bonchev–Trinajstić information content (AvgIpc) is 3.37. The maximum Gasteiger partial charge on any atom is 0.315 e. The minimum atomic E-state index is -0.993. The van der Waals surface area contributed by atoms with E-state index in [1.807, 2.05) is 30.3 Å². The van der Waals surface area contributed by atoms with Gasteiger partial charge in [-0.25, -0.2) is 13.7 Å². The van der Waals surface area contributed by atoms with Gasteiger partial charge < -0.3 is 19.7 Å². The summed E-state index contributed by atoms with van der Waals surface area (Å²) in [7, 11) is 3.27. The van der Waals surface area contributed by atoms with Crippen LogP contribution in [0.1, 0.15) is 121 Å². The van der Waals surface area contributed by atoms with E-state index >= 15 is 4.39 Å². The number of amides is 1. The predicted octanol–water partition coefficient (Wildman–Crippen LogP) is 9.28. The Morgan fingerprint density at radius 1 is 0.938 bits per heavy atom. The molecule has 2 fully saturated rings. The van der Waals surface area contributed by atoms with Crippen LogP contribution in [0, 0.1) is 23.2 Å². The van der Waals surface area contributed by atoms with E-state index in [4.69, 9.17) is 9.47 Å². The number of benzene rings is 2. The van der Waals surface area contributed by atoms with Crippen LogP contribution in [0.4, 0.5) is 10.1 Å². The Hall–Kier alpha value is -2.64. The summed E-state index contributed by atoms with van der Waals surface area (Å²) < 4.78 is 27.7. The van der Waals surface area contributed by atoms with Gasteiger partial charge in [0.1, 0.15) is 17.6 Å². The fourth-order valence-electron chi connectivity index (χ4n) is 10.1. The largest absolute Gasteiger partial charge is 0.508 e. The van der Waals surface area contributed by atoms with Crippen molar-refractivity contribution in [2.24, 2.45) is 23.2 Å². The minimum Gasteiger partial charge on any atom is -0.508 e. The fraction of sp³-hybridized carbons (Fsp3) is 0.683. The Balaban J connectivity index is 1.31. The zero-order valence-electron chi connectivity index (χ0n) is 30.2. The second-order valence-electron chi connectivity index (χ2n) is 15.5.